The van der Waals surface area contributed by atoms with Gasteiger partial charge in [0, 0.05) is 31.4 Å². The number of ether oxygens (including phenoxy) is 2. The molecular weight excluding hydrogens is 390 g/mol. The zero-order chi connectivity index (χ0) is 21.6. The number of amides is 1. The molecule has 3 aromatic rings. The van der Waals surface area contributed by atoms with Crippen LogP contribution in [0.4, 0.5) is 11.4 Å². The number of rotatable bonds is 7. The van der Waals surface area contributed by atoms with E-state index >= 15 is 0 Å². The molecule has 31 heavy (non-hydrogen) atoms. The zero-order valence-corrected chi connectivity index (χ0v) is 17.8. The summed E-state index contributed by atoms with van der Waals surface area (Å²) in [6.07, 6.45) is -0.0147. The molecule has 0 aromatic heterocycles. The lowest BCUT2D eigenvalue weighted by molar-refractivity contribution is 0.0963. The molecule has 6 heteroatoms. The summed E-state index contributed by atoms with van der Waals surface area (Å²) in [5.74, 6) is 1.62. The van der Waals surface area contributed by atoms with Crippen molar-refractivity contribution in [1.29, 1.82) is 0 Å². The summed E-state index contributed by atoms with van der Waals surface area (Å²) in [6.45, 7) is 2.15. The van der Waals surface area contributed by atoms with Crippen LogP contribution >= 0.6 is 0 Å². The van der Waals surface area contributed by atoms with E-state index in [2.05, 4.69) is 27.7 Å². The second kappa shape index (κ2) is 9.53. The number of hydrogen-bond donors (Lipinski definition) is 2. The molecule has 6 nitrogen and oxygen atoms in total. The molecule has 1 aliphatic heterocycles. The van der Waals surface area contributed by atoms with Crippen LogP contribution in [0.3, 0.4) is 0 Å². The largest absolute Gasteiger partial charge is 0.497 e. The Labute approximate surface area is 182 Å². The summed E-state index contributed by atoms with van der Waals surface area (Å²) in [5.41, 5.74) is 3.86. The first-order valence-corrected chi connectivity index (χ1v) is 10.4. The minimum absolute atomic E-state index is 0.0147. The van der Waals surface area contributed by atoms with Gasteiger partial charge in [-0.2, -0.15) is 0 Å². The first-order chi connectivity index (χ1) is 15.2. The number of carbonyl (C=O) groups excluding carboxylic acids is 1. The van der Waals surface area contributed by atoms with Gasteiger partial charge in [0.15, 0.2) is 0 Å². The highest BCUT2D eigenvalue weighted by Crippen LogP contribution is 2.37. The molecule has 1 aliphatic rings. The maximum absolute atomic E-state index is 11.9. The third-order valence-electron chi connectivity index (χ3n) is 5.34. The van der Waals surface area contributed by atoms with E-state index in [1.807, 2.05) is 60.7 Å². The van der Waals surface area contributed by atoms with E-state index in [-0.39, 0.29) is 12.0 Å². The van der Waals surface area contributed by atoms with Gasteiger partial charge in [0.2, 0.25) is 0 Å². The lowest BCUT2D eigenvalue weighted by Crippen LogP contribution is -2.43. The number of benzene rings is 3. The van der Waals surface area contributed by atoms with Crippen molar-refractivity contribution in [1.82, 2.24) is 10.6 Å². The van der Waals surface area contributed by atoms with Gasteiger partial charge in [-0.3, -0.25) is 4.79 Å². The second-order valence-electron chi connectivity index (χ2n) is 7.43. The highest BCUT2D eigenvalue weighted by Gasteiger charge is 2.26. The number of fused-ring (bicyclic) bond motifs is 1. The molecule has 4 rings (SSSR count). The third kappa shape index (κ3) is 4.81. The van der Waals surface area contributed by atoms with Gasteiger partial charge in [-0.15, -0.1) is 0 Å². The molecule has 1 atom stereocenters. The highest BCUT2D eigenvalue weighted by molar-refractivity contribution is 5.94. The fourth-order valence-corrected chi connectivity index (χ4v) is 3.75. The monoisotopic (exact) mass is 417 g/mol. The predicted octanol–water partition coefficient (Wildman–Crippen LogP) is 3.74. The number of anilines is 2. The van der Waals surface area contributed by atoms with Crippen LogP contribution in [0.25, 0.3) is 0 Å². The van der Waals surface area contributed by atoms with Crippen LogP contribution < -0.4 is 25.0 Å². The first kappa shape index (κ1) is 20.8. The molecule has 0 aliphatic carbocycles. The van der Waals surface area contributed by atoms with Crippen LogP contribution in [-0.2, 0) is 6.54 Å². The fraction of sp³-hybridized carbons (Fsp3) is 0.240. The van der Waals surface area contributed by atoms with Crippen molar-refractivity contribution < 1.29 is 14.3 Å². The van der Waals surface area contributed by atoms with E-state index in [1.165, 1.54) is 0 Å². The van der Waals surface area contributed by atoms with Crippen LogP contribution in [0.1, 0.15) is 15.9 Å². The van der Waals surface area contributed by atoms with E-state index in [4.69, 9.17) is 9.47 Å². The van der Waals surface area contributed by atoms with Gasteiger partial charge in [-0.25, -0.2) is 0 Å². The van der Waals surface area contributed by atoms with Crippen molar-refractivity contribution in [3.05, 3.63) is 83.9 Å². The van der Waals surface area contributed by atoms with Crippen LogP contribution in [0.2, 0.25) is 0 Å². The first-order valence-electron chi connectivity index (χ1n) is 10.4. The Morgan fingerprint density at radius 2 is 1.90 bits per heavy atom. The molecule has 1 amide bonds. The predicted molar refractivity (Wildman–Crippen MR) is 122 cm³/mol. The molecule has 0 radical (unpaired) electrons. The summed E-state index contributed by atoms with van der Waals surface area (Å²) >= 11 is 0. The molecule has 160 valence electrons. The van der Waals surface area contributed by atoms with Gasteiger partial charge in [-0.05, 0) is 54.1 Å². The molecule has 0 bridgehead atoms. The quantitative estimate of drug-likeness (QED) is 0.613. The summed E-state index contributed by atoms with van der Waals surface area (Å²) < 4.78 is 11.6. The Morgan fingerprint density at radius 3 is 2.68 bits per heavy atom. The Kier molecular flexibility index (Phi) is 6.38. The molecule has 2 N–H and O–H groups in total. The van der Waals surface area contributed by atoms with E-state index in [9.17, 15) is 4.79 Å². The van der Waals surface area contributed by atoms with Gasteiger partial charge < -0.3 is 25.0 Å². The molecule has 1 heterocycles. The van der Waals surface area contributed by atoms with Crippen molar-refractivity contribution in [3.8, 4) is 11.5 Å². The van der Waals surface area contributed by atoms with E-state index in [0.717, 1.165) is 35.0 Å². The van der Waals surface area contributed by atoms with Gasteiger partial charge in [-0.1, -0.05) is 24.3 Å². The molecule has 0 fully saturated rings. The Bertz CT molecular complexity index is 1040. The highest BCUT2D eigenvalue weighted by atomic mass is 16.5. The average Bonchev–Trinajstić information content (AvgIpc) is 2.83. The normalized spacial score (nSPS) is 15.0. The smallest absolute Gasteiger partial charge is 0.251 e. The maximum Gasteiger partial charge on any atom is 0.251 e. The average molecular weight is 418 g/mol. The Balaban J connectivity index is 1.47. The minimum atomic E-state index is -0.0893. The van der Waals surface area contributed by atoms with Crippen molar-refractivity contribution in [2.45, 2.75) is 12.6 Å². The standard InChI is InChI=1S/C25H27N3O3/c1-26-25(29)19-10-12-20(13-11-19)28-17-22(31-24-9-4-3-8-23(24)28)16-27-15-18-6-5-7-21(14-18)30-2/h3-14,22,27H,15-17H2,1-2H3,(H,26,29). The number of nitrogens with zero attached hydrogens (tertiary/aromatic N) is 1. The lowest BCUT2D eigenvalue weighted by atomic mass is 10.1. The van der Waals surface area contributed by atoms with Gasteiger partial charge in [0.05, 0.1) is 19.3 Å². The zero-order valence-electron chi connectivity index (χ0n) is 17.8. The Morgan fingerprint density at radius 1 is 1.10 bits per heavy atom. The SMILES string of the molecule is CNC(=O)c1ccc(N2CC(CNCc3cccc(OC)c3)Oc3ccccc32)cc1. The second-order valence-corrected chi connectivity index (χ2v) is 7.43. The van der Waals surface area contributed by atoms with Crippen LogP contribution in [0.15, 0.2) is 72.8 Å². The molecular formula is C25H27N3O3. The number of nitrogens with one attached hydrogen (secondary N) is 2. The van der Waals surface area contributed by atoms with Crippen molar-refractivity contribution in [3.63, 3.8) is 0 Å². The number of carbonyl (C=O) groups is 1. The lowest BCUT2D eigenvalue weighted by Gasteiger charge is -2.36. The summed E-state index contributed by atoms with van der Waals surface area (Å²) in [6, 6.07) is 23.7. The third-order valence-corrected chi connectivity index (χ3v) is 5.34. The van der Waals surface area contributed by atoms with Crippen LogP contribution in [0, 0.1) is 0 Å². The summed E-state index contributed by atoms with van der Waals surface area (Å²) in [7, 11) is 3.31. The van der Waals surface area contributed by atoms with Crippen LogP contribution in [0.5, 0.6) is 11.5 Å². The number of hydrogen-bond acceptors (Lipinski definition) is 5. The van der Waals surface area contributed by atoms with E-state index < -0.39 is 0 Å². The van der Waals surface area contributed by atoms with Crippen LogP contribution in [-0.4, -0.2) is 39.3 Å². The minimum Gasteiger partial charge on any atom is -0.497 e. The summed E-state index contributed by atoms with van der Waals surface area (Å²) in [4.78, 5) is 14.1. The maximum atomic E-state index is 11.9. The molecule has 0 saturated heterocycles. The number of para-hydroxylation sites is 2. The van der Waals surface area contributed by atoms with E-state index in [1.54, 1.807) is 14.2 Å². The fourth-order valence-electron chi connectivity index (χ4n) is 3.75. The van der Waals surface area contributed by atoms with E-state index in [0.29, 0.717) is 18.7 Å². The van der Waals surface area contributed by atoms with Gasteiger partial charge in [0.1, 0.15) is 17.6 Å². The van der Waals surface area contributed by atoms with Crippen molar-refractivity contribution in [2.24, 2.45) is 0 Å². The molecule has 0 saturated carbocycles. The van der Waals surface area contributed by atoms with Gasteiger partial charge in [0.25, 0.3) is 5.91 Å². The molecule has 0 spiro atoms. The molecule has 3 aromatic carbocycles. The topological polar surface area (TPSA) is 62.8 Å². The molecule has 1 unspecified atom stereocenters. The van der Waals surface area contributed by atoms with Gasteiger partial charge >= 0.3 is 0 Å². The number of methoxy groups -OCH3 is 1. The Hall–Kier alpha value is -3.51. The summed E-state index contributed by atoms with van der Waals surface area (Å²) in [5, 5.41) is 6.16. The van der Waals surface area contributed by atoms with Crippen molar-refractivity contribution in [2.75, 3.05) is 32.1 Å². The van der Waals surface area contributed by atoms with Crippen molar-refractivity contribution >= 4 is 17.3 Å².